The molecule has 1 N–H and O–H groups in total. The summed E-state index contributed by atoms with van der Waals surface area (Å²) >= 11 is 0. The molecule has 21 heavy (non-hydrogen) atoms. The first-order chi connectivity index (χ1) is 9.54. The van der Waals surface area contributed by atoms with Gasteiger partial charge in [0.25, 0.3) is 0 Å². The second-order valence-corrected chi connectivity index (χ2v) is 7.52. The Morgan fingerprint density at radius 1 is 1.24 bits per heavy atom. The molecule has 0 unspecified atom stereocenters. The first-order valence-corrected chi connectivity index (χ1v) is 7.83. The minimum absolute atomic E-state index is 0.196. The van der Waals surface area contributed by atoms with Gasteiger partial charge in [0, 0.05) is 12.8 Å². The van der Waals surface area contributed by atoms with Gasteiger partial charge in [0.15, 0.2) is 0 Å². The highest BCUT2D eigenvalue weighted by Gasteiger charge is 2.49. The summed E-state index contributed by atoms with van der Waals surface area (Å²) in [7, 11) is 0. The summed E-state index contributed by atoms with van der Waals surface area (Å²) in [5.41, 5.74) is -1.46. The molecule has 2 aliphatic rings. The van der Waals surface area contributed by atoms with Crippen LogP contribution in [-0.2, 0) is 14.3 Å². The summed E-state index contributed by atoms with van der Waals surface area (Å²) in [5, 5.41) is 10.0. The number of aliphatic hydroxyl groups is 1. The second kappa shape index (κ2) is 5.40. The van der Waals surface area contributed by atoms with Crippen LogP contribution in [0.5, 0.6) is 0 Å². The fraction of sp³-hybridized carbons (Fsp3) is 0.824. The van der Waals surface area contributed by atoms with E-state index in [-0.39, 0.29) is 23.6 Å². The van der Waals surface area contributed by atoms with Crippen LogP contribution in [0.15, 0.2) is 12.2 Å². The summed E-state index contributed by atoms with van der Waals surface area (Å²) in [4.78, 5) is 11.2. The monoisotopic (exact) mass is 296 g/mol. The average molecular weight is 296 g/mol. The molecule has 0 radical (unpaired) electrons. The van der Waals surface area contributed by atoms with Crippen LogP contribution in [0.2, 0.25) is 0 Å². The topological polar surface area (TPSA) is 55.8 Å². The van der Waals surface area contributed by atoms with Gasteiger partial charge in [-0.05, 0) is 53.4 Å². The van der Waals surface area contributed by atoms with Crippen LogP contribution in [0.25, 0.3) is 0 Å². The van der Waals surface area contributed by atoms with Crippen LogP contribution in [0.1, 0.15) is 60.3 Å². The molecule has 1 fully saturated rings. The summed E-state index contributed by atoms with van der Waals surface area (Å²) in [5.74, 6) is 0.0316. The van der Waals surface area contributed by atoms with Gasteiger partial charge in [0.2, 0.25) is 0 Å². The average Bonchev–Trinajstić information content (AvgIpc) is 2.31. The Morgan fingerprint density at radius 2 is 1.90 bits per heavy atom. The third-order valence-corrected chi connectivity index (χ3v) is 4.92. The predicted octanol–water partition coefficient (Wildman–Crippen LogP) is 2.98. The molecule has 120 valence electrons. The lowest BCUT2D eigenvalue weighted by atomic mass is 9.72. The third-order valence-electron chi connectivity index (χ3n) is 4.92. The van der Waals surface area contributed by atoms with Gasteiger partial charge < -0.3 is 14.6 Å². The number of rotatable bonds is 2. The van der Waals surface area contributed by atoms with Crippen molar-refractivity contribution < 1.29 is 19.4 Å². The summed E-state index contributed by atoms with van der Waals surface area (Å²) in [6, 6.07) is 0. The van der Waals surface area contributed by atoms with Crippen molar-refractivity contribution in [3.05, 3.63) is 12.2 Å². The summed E-state index contributed by atoms with van der Waals surface area (Å²) in [6.45, 7) is 9.38. The fourth-order valence-electron chi connectivity index (χ4n) is 3.60. The van der Waals surface area contributed by atoms with E-state index in [1.165, 1.54) is 6.92 Å². The molecule has 2 rings (SSSR count). The Balaban J connectivity index is 2.11. The van der Waals surface area contributed by atoms with Crippen LogP contribution in [-0.4, -0.2) is 34.0 Å². The van der Waals surface area contributed by atoms with Crippen LogP contribution >= 0.6 is 0 Å². The standard InChI is InChI=1S/C17H28O4/c1-12(18)20-14-8-11-17(5,21-15(14,2)3)13-6-9-16(4,19)10-7-13/h6,9,13-14,19H,7-8,10-11H2,1-5H3/t13-,14+,16+,17+/m1/s1. The van der Waals surface area contributed by atoms with Crippen molar-refractivity contribution in [3.63, 3.8) is 0 Å². The molecule has 1 aliphatic carbocycles. The minimum atomic E-state index is -0.697. The molecule has 4 nitrogen and oxygen atoms in total. The van der Waals surface area contributed by atoms with E-state index in [9.17, 15) is 9.90 Å². The molecule has 0 bridgehead atoms. The number of ether oxygens (including phenoxy) is 2. The Labute approximate surface area is 127 Å². The van der Waals surface area contributed by atoms with Gasteiger partial charge in [-0.25, -0.2) is 0 Å². The zero-order valence-electron chi connectivity index (χ0n) is 13.8. The van der Waals surface area contributed by atoms with Crippen molar-refractivity contribution in [1.29, 1.82) is 0 Å². The smallest absolute Gasteiger partial charge is 0.303 e. The quantitative estimate of drug-likeness (QED) is 0.629. The van der Waals surface area contributed by atoms with Crippen molar-refractivity contribution >= 4 is 5.97 Å². The molecule has 1 aliphatic heterocycles. The lowest BCUT2D eigenvalue weighted by Gasteiger charge is -2.51. The van der Waals surface area contributed by atoms with Crippen LogP contribution in [0, 0.1) is 5.92 Å². The van der Waals surface area contributed by atoms with Crippen molar-refractivity contribution in [2.75, 3.05) is 0 Å². The number of hydrogen-bond acceptors (Lipinski definition) is 4. The predicted molar refractivity (Wildman–Crippen MR) is 80.8 cm³/mol. The van der Waals surface area contributed by atoms with E-state index < -0.39 is 11.2 Å². The Morgan fingerprint density at radius 3 is 2.38 bits per heavy atom. The number of esters is 1. The van der Waals surface area contributed by atoms with Gasteiger partial charge in [0.05, 0.1) is 11.2 Å². The first-order valence-electron chi connectivity index (χ1n) is 7.83. The Hall–Kier alpha value is -0.870. The number of hydrogen-bond donors (Lipinski definition) is 1. The zero-order chi connectivity index (χ0) is 15.9. The van der Waals surface area contributed by atoms with E-state index in [1.807, 2.05) is 26.8 Å². The first kappa shape index (κ1) is 16.5. The zero-order valence-corrected chi connectivity index (χ0v) is 13.8. The van der Waals surface area contributed by atoms with Crippen molar-refractivity contribution in [2.24, 2.45) is 5.92 Å². The highest BCUT2D eigenvalue weighted by Crippen LogP contribution is 2.44. The SMILES string of the molecule is CC(=O)O[C@H]1CC[C@@](C)([C@@H]2C=C[C@](C)(O)CC2)OC1(C)C. The molecular formula is C17H28O4. The Kier molecular flexibility index (Phi) is 4.24. The highest BCUT2D eigenvalue weighted by molar-refractivity contribution is 5.66. The van der Waals surface area contributed by atoms with E-state index >= 15 is 0 Å². The minimum Gasteiger partial charge on any atom is -0.460 e. The van der Waals surface area contributed by atoms with E-state index in [4.69, 9.17) is 9.47 Å². The molecule has 0 aromatic rings. The second-order valence-electron chi connectivity index (χ2n) is 7.52. The lowest BCUT2D eigenvalue weighted by Crippen LogP contribution is -2.56. The molecule has 0 aromatic heterocycles. The normalized spacial score (nSPS) is 42.6. The van der Waals surface area contributed by atoms with Crippen molar-refractivity contribution in [1.82, 2.24) is 0 Å². The molecule has 0 aromatic carbocycles. The Bertz CT molecular complexity index is 438. The van der Waals surface area contributed by atoms with Crippen LogP contribution in [0.3, 0.4) is 0 Å². The van der Waals surface area contributed by atoms with Crippen LogP contribution < -0.4 is 0 Å². The molecule has 4 heteroatoms. The van der Waals surface area contributed by atoms with E-state index in [0.717, 1.165) is 25.7 Å². The summed E-state index contributed by atoms with van der Waals surface area (Å²) in [6.07, 6.45) is 7.11. The number of carbonyl (C=O) groups is 1. The fourth-order valence-corrected chi connectivity index (χ4v) is 3.60. The molecule has 1 saturated heterocycles. The van der Waals surface area contributed by atoms with Gasteiger partial charge >= 0.3 is 5.97 Å². The highest BCUT2D eigenvalue weighted by atomic mass is 16.6. The van der Waals surface area contributed by atoms with E-state index in [0.29, 0.717) is 0 Å². The maximum absolute atomic E-state index is 11.2. The molecule has 1 heterocycles. The van der Waals surface area contributed by atoms with Gasteiger partial charge in [-0.1, -0.05) is 12.2 Å². The molecule has 0 spiro atoms. The van der Waals surface area contributed by atoms with Crippen molar-refractivity contribution in [2.45, 2.75) is 83.2 Å². The third kappa shape index (κ3) is 3.67. The number of carbonyl (C=O) groups excluding carboxylic acids is 1. The molecule has 0 saturated carbocycles. The molecule has 0 amide bonds. The van der Waals surface area contributed by atoms with E-state index in [1.54, 1.807) is 0 Å². The lowest BCUT2D eigenvalue weighted by molar-refractivity contribution is -0.237. The molecular weight excluding hydrogens is 268 g/mol. The molecule has 4 atom stereocenters. The van der Waals surface area contributed by atoms with Gasteiger partial charge in [-0.2, -0.15) is 0 Å². The summed E-state index contributed by atoms with van der Waals surface area (Å²) < 4.78 is 11.8. The maximum atomic E-state index is 11.2. The largest absolute Gasteiger partial charge is 0.460 e. The van der Waals surface area contributed by atoms with E-state index in [2.05, 4.69) is 13.0 Å². The van der Waals surface area contributed by atoms with Gasteiger partial charge in [-0.3, -0.25) is 4.79 Å². The van der Waals surface area contributed by atoms with Crippen LogP contribution in [0.4, 0.5) is 0 Å². The maximum Gasteiger partial charge on any atom is 0.303 e. The van der Waals surface area contributed by atoms with Crippen molar-refractivity contribution in [3.8, 4) is 0 Å². The van der Waals surface area contributed by atoms with Gasteiger partial charge in [-0.15, -0.1) is 0 Å². The van der Waals surface area contributed by atoms with Gasteiger partial charge in [0.1, 0.15) is 11.7 Å².